The second-order valence-electron chi connectivity index (χ2n) is 7.94. The van der Waals surface area contributed by atoms with Crippen LogP contribution in [0.2, 0.25) is 10.3 Å². The van der Waals surface area contributed by atoms with Gasteiger partial charge in [-0.25, -0.2) is 22.8 Å². The summed E-state index contributed by atoms with van der Waals surface area (Å²) in [6, 6.07) is 3.29. The Morgan fingerprint density at radius 1 is 1.23 bits per heavy atom. The number of carbonyl (C=O) groups is 1. The molecule has 1 aliphatic heterocycles. The lowest BCUT2D eigenvalue weighted by atomic mass is 10.1. The Morgan fingerprint density at radius 3 is 2.54 bits per heavy atom. The van der Waals surface area contributed by atoms with Crippen molar-refractivity contribution in [1.82, 2.24) is 19.7 Å². The molecule has 1 aliphatic rings. The van der Waals surface area contributed by atoms with Gasteiger partial charge in [0.05, 0.1) is 23.2 Å². The largest absolute Gasteiger partial charge is 0.478 e. The second-order valence-corrected chi connectivity index (χ2v) is 10.7. The molecule has 0 aliphatic carbocycles. The van der Waals surface area contributed by atoms with Crippen LogP contribution in [0.15, 0.2) is 24.4 Å². The zero-order valence-corrected chi connectivity index (χ0v) is 19.8. The maximum absolute atomic E-state index is 13.5. The molecular formula is C19H14Cl2F4N4O5S. The van der Waals surface area contributed by atoms with Crippen molar-refractivity contribution in [3.63, 3.8) is 0 Å². The number of ether oxygens (including phenoxy) is 2. The standard InChI is InChI=1S/C19H14Cl2F4N4O5S/c1-18(7-35(31,32)8-18)28-16(30)13-15(21)29-12(27-13)3-2-10(14(29)20)34-17-11(4-9(22)5-26-17)33-6-19(23,24)25/h2-5H,6-8H2,1H3,(H,28,30). The summed E-state index contributed by atoms with van der Waals surface area (Å²) in [6.07, 6.45) is -3.99. The molecule has 1 fully saturated rings. The van der Waals surface area contributed by atoms with Crippen LogP contribution in [-0.4, -0.2) is 58.5 Å². The average Bonchev–Trinajstić information content (AvgIpc) is 3.05. The van der Waals surface area contributed by atoms with Crippen molar-refractivity contribution in [2.24, 2.45) is 0 Å². The quantitative estimate of drug-likeness (QED) is 0.362. The molecule has 1 saturated heterocycles. The van der Waals surface area contributed by atoms with Crippen LogP contribution in [0, 0.1) is 5.82 Å². The van der Waals surface area contributed by atoms with E-state index in [2.05, 4.69) is 20.0 Å². The number of sulfone groups is 1. The number of nitrogens with zero attached hydrogens (tertiary/aromatic N) is 3. The van der Waals surface area contributed by atoms with Gasteiger partial charge in [0, 0.05) is 6.07 Å². The highest BCUT2D eigenvalue weighted by Crippen LogP contribution is 2.37. The molecule has 4 heterocycles. The summed E-state index contributed by atoms with van der Waals surface area (Å²) < 4.78 is 85.2. The Morgan fingerprint density at radius 2 is 1.91 bits per heavy atom. The van der Waals surface area contributed by atoms with Crippen LogP contribution < -0.4 is 14.8 Å². The van der Waals surface area contributed by atoms with Gasteiger partial charge < -0.3 is 14.8 Å². The molecule has 0 atom stereocenters. The number of rotatable bonds is 6. The van der Waals surface area contributed by atoms with Gasteiger partial charge in [-0.1, -0.05) is 23.2 Å². The predicted octanol–water partition coefficient (Wildman–Crippen LogP) is 3.83. The van der Waals surface area contributed by atoms with Crippen molar-refractivity contribution in [3.05, 3.63) is 46.2 Å². The highest BCUT2D eigenvalue weighted by atomic mass is 35.5. The Bertz CT molecular complexity index is 1430. The van der Waals surface area contributed by atoms with Gasteiger partial charge in [0.1, 0.15) is 16.6 Å². The molecule has 188 valence electrons. The van der Waals surface area contributed by atoms with Crippen LogP contribution in [0.3, 0.4) is 0 Å². The van der Waals surface area contributed by atoms with Crippen molar-refractivity contribution in [3.8, 4) is 17.4 Å². The van der Waals surface area contributed by atoms with Gasteiger partial charge in [0.2, 0.25) is 0 Å². The number of hydrogen-bond donors (Lipinski definition) is 1. The Balaban J connectivity index is 1.63. The number of amides is 1. The van der Waals surface area contributed by atoms with Gasteiger partial charge in [-0.2, -0.15) is 13.2 Å². The topological polar surface area (TPSA) is 112 Å². The van der Waals surface area contributed by atoms with E-state index in [-0.39, 0.29) is 38.9 Å². The minimum atomic E-state index is -4.69. The Kier molecular flexibility index (Phi) is 6.26. The van der Waals surface area contributed by atoms with Gasteiger partial charge in [0.25, 0.3) is 11.8 Å². The summed E-state index contributed by atoms with van der Waals surface area (Å²) in [5, 5.41) is 2.10. The lowest BCUT2D eigenvalue weighted by Gasteiger charge is -2.38. The van der Waals surface area contributed by atoms with Crippen LogP contribution in [0.4, 0.5) is 17.6 Å². The van der Waals surface area contributed by atoms with E-state index in [9.17, 15) is 30.8 Å². The molecule has 35 heavy (non-hydrogen) atoms. The van der Waals surface area contributed by atoms with E-state index in [0.717, 1.165) is 4.40 Å². The molecule has 0 unspecified atom stereocenters. The average molecular weight is 557 g/mol. The second kappa shape index (κ2) is 8.68. The first-order valence-electron chi connectivity index (χ1n) is 9.59. The number of aromatic nitrogens is 3. The molecule has 3 aromatic rings. The van der Waals surface area contributed by atoms with E-state index in [4.69, 9.17) is 27.9 Å². The number of nitrogens with one attached hydrogen (secondary N) is 1. The Labute approximate surface area is 204 Å². The first-order chi connectivity index (χ1) is 16.2. The third-order valence-electron chi connectivity index (χ3n) is 4.72. The summed E-state index contributed by atoms with van der Waals surface area (Å²) in [6.45, 7) is -0.157. The third kappa shape index (κ3) is 5.38. The van der Waals surface area contributed by atoms with E-state index in [1.165, 1.54) is 12.1 Å². The van der Waals surface area contributed by atoms with Crippen LogP contribution in [0.1, 0.15) is 17.4 Å². The van der Waals surface area contributed by atoms with Gasteiger partial charge in [-0.15, -0.1) is 0 Å². The molecule has 0 radical (unpaired) electrons. The first-order valence-corrected chi connectivity index (χ1v) is 12.2. The minimum absolute atomic E-state index is 0.115. The molecule has 0 spiro atoms. The lowest BCUT2D eigenvalue weighted by Crippen LogP contribution is -2.63. The monoisotopic (exact) mass is 556 g/mol. The van der Waals surface area contributed by atoms with Crippen molar-refractivity contribution < 1.29 is 40.2 Å². The van der Waals surface area contributed by atoms with Crippen LogP contribution >= 0.6 is 23.2 Å². The summed E-state index contributed by atoms with van der Waals surface area (Å²) in [5.41, 5.74) is -1.11. The molecular weight excluding hydrogens is 543 g/mol. The maximum atomic E-state index is 13.5. The number of halogens is 6. The van der Waals surface area contributed by atoms with E-state index in [0.29, 0.717) is 12.3 Å². The number of pyridine rings is 2. The fourth-order valence-corrected chi connectivity index (χ4v) is 6.07. The molecule has 0 saturated carbocycles. The van der Waals surface area contributed by atoms with Crippen molar-refractivity contribution in [2.75, 3.05) is 18.1 Å². The molecule has 0 aromatic carbocycles. The van der Waals surface area contributed by atoms with Gasteiger partial charge in [-0.3, -0.25) is 9.20 Å². The zero-order valence-electron chi connectivity index (χ0n) is 17.5. The van der Waals surface area contributed by atoms with E-state index < -0.39 is 51.5 Å². The SMILES string of the molecule is CC1(NC(=O)c2nc3ccc(Oc4ncc(F)cc4OCC(F)(F)F)c(Cl)n3c2Cl)CS(=O)(=O)C1. The van der Waals surface area contributed by atoms with E-state index in [1.54, 1.807) is 6.92 Å². The molecule has 1 amide bonds. The first kappa shape index (κ1) is 25.3. The maximum Gasteiger partial charge on any atom is 0.422 e. The van der Waals surface area contributed by atoms with Gasteiger partial charge in [-0.05, 0) is 19.1 Å². The van der Waals surface area contributed by atoms with E-state index >= 15 is 0 Å². The van der Waals surface area contributed by atoms with Crippen molar-refractivity contribution >= 4 is 44.6 Å². The van der Waals surface area contributed by atoms with E-state index in [1.807, 2.05) is 0 Å². The normalized spacial score (nSPS) is 16.5. The zero-order chi connectivity index (χ0) is 25.8. The fourth-order valence-electron chi connectivity index (χ4n) is 3.45. The Hall–Kier alpha value is -2.84. The molecule has 1 N–H and O–H groups in total. The summed E-state index contributed by atoms with van der Waals surface area (Å²) in [5.74, 6) is -3.48. The number of hydrogen-bond acceptors (Lipinski definition) is 7. The van der Waals surface area contributed by atoms with Crippen LogP contribution in [-0.2, 0) is 9.84 Å². The smallest absolute Gasteiger partial charge is 0.422 e. The highest BCUT2D eigenvalue weighted by Gasteiger charge is 2.46. The summed E-state index contributed by atoms with van der Waals surface area (Å²) >= 11 is 12.6. The predicted molar refractivity (Wildman–Crippen MR) is 116 cm³/mol. The number of alkyl halides is 3. The van der Waals surface area contributed by atoms with Crippen LogP contribution in [0.25, 0.3) is 5.65 Å². The molecule has 16 heteroatoms. The lowest BCUT2D eigenvalue weighted by molar-refractivity contribution is -0.153. The molecule has 9 nitrogen and oxygen atoms in total. The van der Waals surface area contributed by atoms with Gasteiger partial charge >= 0.3 is 6.18 Å². The van der Waals surface area contributed by atoms with Gasteiger partial charge in [0.15, 0.2) is 38.8 Å². The highest BCUT2D eigenvalue weighted by molar-refractivity contribution is 7.93. The van der Waals surface area contributed by atoms with Crippen molar-refractivity contribution in [1.29, 1.82) is 0 Å². The number of carbonyl (C=O) groups excluding carboxylic acids is 1. The minimum Gasteiger partial charge on any atom is -0.478 e. The summed E-state index contributed by atoms with van der Waals surface area (Å²) in [4.78, 5) is 20.4. The molecule has 4 rings (SSSR count). The number of fused-ring (bicyclic) bond motifs is 1. The fraction of sp³-hybridized carbons (Fsp3) is 0.316. The number of imidazole rings is 1. The summed E-state index contributed by atoms with van der Waals surface area (Å²) in [7, 11) is -3.23. The molecule has 0 bridgehead atoms. The van der Waals surface area contributed by atoms with Crippen LogP contribution in [0.5, 0.6) is 17.4 Å². The van der Waals surface area contributed by atoms with Crippen molar-refractivity contribution in [2.45, 2.75) is 18.6 Å². The molecule has 3 aromatic heterocycles. The third-order valence-corrected chi connectivity index (χ3v) is 7.58.